The molecule has 0 saturated heterocycles. The molecule has 108 valence electrons. The van der Waals surface area contributed by atoms with Crippen molar-refractivity contribution in [3.05, 3.63) is 72.2 Å². The Kier molecular flexibility index (Phi) is 2.82. The zero-order valence-electron chi connectivity index (χ0n) is 11.3. The molecule has 0 aliphatic carbocycles. The van der Waals surface area contributed by atoms with E-state index >= 15 is 0 Å². The molecule has 2 aromatic heterocycles. The summed E-state index contributed by atoms with van der Waals surface area (Å²) in [7, 11) is 0. The lowest BCUT2D eigenvalue weighted by Gasteiger charge is -1.94. The van der Waals surface area contributed by atoms with Crippen LogP contribution in [0.3, 0.4) is 0 Å². The normalized spacial score (nSPS) is 12.8. The van der Waals surface area contributed by atoms with Crippen molar-refractivity contribution in [2.45, 2.75) is 0 Å². The quantitative estimate of drug-likeness (QED) is 0.457. The van der Waals surface area contributed by atoms with Crippen LogP contribution in [0.25, 0.3) is 33.6 Å². The number of benzene rings is 2. The van der Waals surface area contributed by atoms with Crippen molar-refractivity contribution >= 4 is 33.6 Å². The van der Waals surface area contributed by atoms with E-state index in [9.17, 15) is 8.78 Å². The molecule has 0 saturated carbocycles. The van der Waals surface area contributed by atoms with Gasteiger partial charge in [-0.15, -0.1) is 0 Å². The van der Waals surface area contributed by atoms with Gasteiger partial charge in [0.15, 0.2) is 11.5 Å². The smallest absolute Gasteiger partial charge is 0.205 e. The minimum atomic E-state index is -1.07. The zero-order chi connectivity index (χ0) is 15.1. The van der Waals surface area contributed by atoms with E-state index in [-0.39, 0.29) is 11.5 Å². The Morgan fingerprint density at radius 1 is 0.636 bits per heavy atom. The Labute approximate surface area is 124 Å². The van der Waals surface area contributed by atoms with Gasteiger partial charge in [0.2, 0.25) is 11.7 Å². The van der Waals surface area contributed by atoms with E-state index in [0.717, 1.165) is 0 Å². The fourth-order valence-corrected chi connectivity index (χ4v) is 2.40. The maximum Gasteiger partial charge on any atom is 0.205 e. The lowest BCUT2D eigenvalue weighted by atomic mass is 10.2. The monoisotopic (exact) mass is 296 g/mol. The van der Waals surface area contributed by atoms with E-state index in [4.69, 9.17) is 8.83 Å². The van der Waals surface area contributed by atoms with E-state index in [1.807, 2.05) is 0 Å². The summed E-state index contributed by atoms with van der Waals surface area (Å²) in [4.78, 5) is 0. The van der Waals surface area contributed by atoms with Crippen molar-refractivity contribution in [1.29, 1.82) is 0 Å². The molecule has 4 rings (SSSR count). The molecule has 2 heterocycles. The summed E-state index contributed by atoms with van der Waals surface area (Å²) >= 11 is 0. The number of furan rings is 2. The fourth-order valence-electron chi connectivity index (χ4n) is 2.40. The van der Waals surface area contributed by atoms with E-state index in [1.165, 1.54) is 12.1 Å². The van der Waals surface area contributed by atoms with Crippen molar-refractivity contribution in [1.82, 2.24) is 0 Å². The van der Waals surface area contributed by atoms with Crippen molar-refractivity contribution in [3.63, 3.8) is 0 Å². The Balaban J connectivity index is 1.84. The number of rotatable bonds is 2. The predicted octanol–water partition coefficient (Wildman–Crippen LogP) is 5.94. The largest absolute Gasteiger partial charge is 0.454 e. The second kappa shape index (κ2) is 4.84. The number of halogens is 2. The number of para-hydroxylation sites is 2. The molecule has 0 atom stereocenters. The molecule has 0 radical (unpaired) electrons. The molecule has 0 fully saturated rings. The molecule has 2 nitrogen and oxygen atoms in total. The first-order valence-corrected chi connectivity index (χ1v) is 6.75. The zero-order valence-corrected chi connectivity index (χ0v) is 11.3. The maximum absolute atomic E-state index is 14.3. The summed E-state index contributed by atoms with van der Waals surface area (Å²) in [5, 5.41) is 1.43. The Morgan fingerprint density at radius 3 is 1.45 bits per heavy atom. The van der Waals surface area contributed by atoms with Crippen molar-refractivity contribution in [3.8, 4) is 0 Å². The molecule has 0 N–H and O–H groups in total. The van der Waals surface area contributed by atoms with Gasteiger partial charge >= 0.3 is 0 Å². The standard InChI is InChI=1S/C18H10F2O2/c19-17(15-9-11-5-1-3-7-13(11)21-15)18(20)16-10-12-6-2-4-8-14(12)22-16/h1-10H/b18-17-. The van der Waals surface area contributed by atoms with Gasteiger partial charge in [-0.3, -0.25) is 0 Å². The molecule has 2 aromatic carbocycles. The molecule has 0 bridgehead atoms. The van der Waals surface area contributed by atoms with Crippen LogP contribution in [0.4, 0.5) is 8.78 Å². The van der Waals surface area contributed by atoms with Crippen LogP contribution in [0.5, 0.6) is 0 Å². The van der Waals surface area contributed by atoms with Crippen molar-refractivity contribution < 1.29 is 17.6 Å². The average Bonchev–Trinajstić information content (AvgIpc) is 3.16. The molecule has 0 aliphatic rings. The van der Waals surface area contributed by atoms with Crippen LogP contribution in [-0.2, 0) is 0 Å². The molecular weight excluding hydrogens is 286 g/mol. The average molecular weight is 296 g/mol. The van der Waals surface area contributed by atoms with Gasteiger partial charge in [0, 0.05) is 10.8 Å². The van der Waals surface area contributed by atoms with Crippen LogP contribution in [0.15, 0.2) is 69.5 Å². The highest BCUT2D eigenvalue weighted by molar-refractivity contribution is 5.89. The summed E-state index contributed by atoms with van der Waals surface area (Å²) in [6.07, 6.45) is 0. The lowest BCUT2D eigenvalue weighted by Crippen LogP contribution is -1.78. The second-order valence-corrected chi connectivity index (χ2v) is 4.92. The minimum absolute atomic E-state index is 0.154. The number of hydrogen-bond acceptors (Lipinski definition) is 2. The van der Waals surface area contributed by atoms with Gasteiger partial charge in [0.1, 0.15) is 11.2 Å². The van der Waals surface area contributed by atoms with Gasteiger partial charge in [0.05, 0.1) is 0 Å². The lowest BCUT2D eigenvalue weighted by molar-refractivity contribution is 0.546. The molecule has 4 aromatic rings. The van der Waals surface area contributed by atoms with Gasteiger partial charge in [0.25, 0.3) is 0 Å². The molecule has 0 unspecified atom stereocenters. The summed E-state index contributed by atoms with van der Waals surface area (Å²) in [6, 6.07) is 17.0. The minimum Gasteiger partial charge on any atom is -0.454 e. The molecule has 22 heavy (non-hydrogen) atoms. The predicted molar refractivity (Wildman–Crippen MR) is 81.5 cm³/mol. The Bertz CT molecular complexity index is 860. The van der Waals surface area contributed by atoms with E-state index < -0.39 is 11.7 Å². The molecule has 4 heteroatoms. The topological polar surface area (TPSA) is 26.3 Å². The molecule has 0 amide bonds. The third-order valence-electron chi connectivity index (χ3n) is 3.48. The molecule has 0 spiro atoms. The van der Waals surface area contributed by atoms with E-state index in [1.54, 1.807) is 48.5 Å². The van der Waals surface area contributed by atoms with Crippen LogP contribution in [0.1, 0.15) is 11.5 Å². The number of hydrogen-bond donors (Lipinski definition) is 0. The van der Waals surface area contributed by atoms with Crippen LogP contribution in [0.2, 0.25) is 0 Å². The SMILES string of the molecule is F/C(=C(\F)c1cc2ccccc2o1)c1cc2ccccc2o1. The van der Waals surface area contributed by atoms with Crippen LogP contribution in [0, 0.1) is 0 Å². The first-order valence-electron chi connectivity index (χ1n) is 6.75. The highest BCUT2D eigenvalue weighted by atomic mass is 19.2. The summed E-state index contributed by atoms with van der Waals surface area (Å²) in [5.41, 5.74) is 1.01. The van der Waals surface area contributed by atoms with Crippen molar-refractivity contribution in [2.24, 2.45) is 0 Å². The van der Waals surface area contributed by atoms with Gasteiger partial charge in [-0.05, 0) is 24.3 Å². The molecule has 0 aliphatic heterocycles. The van der Waals surface area contributed by atoms with Crippen LogP contribution in [-0.4, -0.2) is 0 Å². The van der Waals surface area contributed by atoms with Gasteiger partial charge in [-0.2, -0.15) is 8.78 Å². The third kappa shape index (κ3) is 2.00. The Hall–Kier alpha value is -2.88. The summed E-state index contributed by atoms with van der Waals surface area (Å²) in [6.45, 7) is 0. The van der Waals surface area contributed by atoms with Gasteiger partial charge in [-0.25, -0.2) is 0 Å². The fraction of sp³-hybridized carbons (Fsp3) is 0. The third-order valence-corrected chi connectivity index (χ3v) is 3.48. The van der Waals surface area contributed by atoms with Crippen LogP contribution < -0.4 is 0 Å². The highest BCUT2D eigenvalue weighted by Gasteiger charge is 2.18. The highest BCUT2D eigenvalue weighted by Crippen LogP contribution is 2.34. The first kappa shape index (κ1) is 12.8. The van der Waals surface area contributed by atoms with Gasteiger partial charge in [-0.1, -0.05) is 36.4 Å². The van der Waals surface area contributed by atoms with E-state index in [0.29, 0.717) is 21.9 Å². The second-order valence-electron chi connectivity index (χ2n) is 4.92. The van der Waals surface area contributed by atoms with Gasteiger partial charge < -0.3 is 8.83 Å². The molecular formula is C18H10F2O2. The van der Waals surface area contributed by atoms with E-state index in [2.05, 4.69) is 0 Å². The maximum atomic E-state index is 14.3. The summed E-state index contributed by atoms with van der Waals surface area (Å²) in [5.74, 6) is -2.45. The Morgan fingerprint density at radius 2 is 1.05 bits per heavy atom. The number of fused-ring (bicyclic) bond motifs is 2. The summed E-state index contributed by atoms with van der Waals surface area (Å²) < 4.78 is 39.3. The van der Waals surface area contributed by atoms with Crippen molar-refractivity contribution in [2.75, 3.05) is 0 Å². The van der Waals surface area contributed by atoms with Crippen LogP contribution >= 0.6 is 0 Å². The first-order chi connectivity index (χ1) is 10.7.